The van der Waals surface area contributed by atoms with Crippen molar-refractivity contribution >= 4 is 41.3 Å². The zero-order valence-corrected chi connectivity index (χ0v) is 15.5. The molecule has 0 spiro atoms. The Morgan fingerprint density at radius 3 is 2.47 bits per heavy atom. The molecule has 110 valence electrons. The Kier molecular flexibility index (Phi) is 10.3. The van der Waals surface area contributed by atoms with Crippen molar-refractivity contribution in [2.45, 2.75) is 53.1 Å². The van der Waals surface area contributed by atoms with E-state index in [0.717, 1.165) is 31.9 Å². The number of aryl methyl sites for hydroxylation is 1. The summed E-state index contributed by atoms with van der Waals surface area (Å²) in [5.74, 6) is 0.915. The monoisotopic (exact) mass is 395 g/mol. The Balaban J connectivity index is 0.00000324. The molecule has 5 heteroatoms. The number of guanidine groups is 1. The Labute approximate surface area is 138 Å². The summed E-state index contributed by atoms with van der Waals surface area (Å²) in [4.78, 5) is 7.38. The fourth-order valence-corrected chi connectivity index (χ4v) is 2.39. The second kappa shape index (κ2) is 10.5. The minimum Gasteiger partial charge on any atom is -0.357 e. The van der Waals surface area contributed by atoms with Crippen LogP contribution in [0.15, 0.2) is 17.1 Å². The third-order valence-corrected chi connectivity index (χ3v) is 4.01. The smallest absolute Gasteiger partial charge is 0.191 e. The van der Waals surface area contributed by atoms with Crippen molar-refractivity contribution in [2.24, 2.45) is 4.99 Å². The lowest BCUT2D eigenvalue weighted by molar-refractivity contribution is 0.624. The zero-order valence-electron chi connectivity index (χ0n) is 12.3. The average molecular weight is 395 g/mol. The number of thiophene rings is 1. The Morgan fingerprint density at radius 2 is 1.95 bits per heavy atom. The lowest BCUT2D eigenvalue weighted by Gasteiger charge is -2.15. The van der Waals surface area contributed by atoms with Crippen molar-refractivity contribution in [1.82, 2.24) is 10.6 Å². The Bertz CT molecular complexity index is 377. The normalized spacial score (nSPS) is 12.7. The van der Waals surface area contributed by atoms with Crippen LogP contribution >= 0.6 is 35.3 Å². The molecule has 0 amide bonds. The highest BCUT2D eigenvalue weighted by molar-refractivity contribution is 14.0. The van der Waals surface area contributed by atoms with Gasteiger partial charge in [-0.05, 0) is 38.8 Å². The van der Waals surface area contributed by atoms with E-state index in [-0.39, 0.29) is 24.0 Å². The molecule has 0 aliphatic heterocycles. The molecule has 0 aromatic carbocycles. The quantitative estimate of drug-likeness (QED) is 0.437. The van der Waals surface area contributed by atoms with E-state index >= 15 is 0 Å². The first-order chi connectivity index (χ1) is 8.69. The van der Waals surface area contributed by atoms with Gasteiger partial charge in [0.1, 0.15) is 0 Å². The number of hydrogen-bond acceptors (Lipinski definition) is 2. The molecule has 1 heterocycles. The van der Waals surface area contributed by atoms with Gasteiger partial charge in [0.15, 0.2) is 5.96 Å². The van der Waals surface area contributed by atoms with Crippen molar-refractivity contribution in [3.63, 3.8) is 0 Å². The van der Waals surface area contributed by atoms with E-state index in [9.17, 15) is 0 Å². The summed E-state index contributed by atoms with van der Waals surface area (Å²) in [6.45, 7) is 10.3. The molecule has 0 aliphatic rings. The van der Waals surface area contributed by atoms with Crippen LogP contribution in [-0.4, -0.2) is 18.5 Å². The lowest BCUT2D eigenvalue weighted by Crippen LogP contribution is -2.41. The van der Waals surface area contributed by atoms with E-state index in [1.165, 1.54) is 9.75 Å². The van der Waals surface area contributed by atoms with Crippen molar-refractivity contribution in [1.29, 1.82) is 0 Å². The second-order valence-electron chi connectivity index (χ2n) is 4.37. The first-order valence-corrected chi connectivity index (χ1v) is 7.63. The first-order valence-electron chi connectivity index (χ1n) is 6.82. The summed E-state index contributed by atoms with van der Waals surface area (Å²) in [6, 6.07) is 4.84. The molecule has 1 aromatic rings. The molecule has 1 rings (SSSR count). The largest absolute Gasteiger partial charge is 0.357 e. The van der Waals surface area contributed by atoms with Crippen molar-refractivity contribution in [3.05, 3.63) is 21.9 Å². The molecule has 2 N–H and O–H groups in total. The average Bonchev–Trinajstić information content (AvgIpc) is 2.84. The molecule has 0 saturated carbocycles. The number of hydrogen-bond donors (Lipinski definition) is 2. The summed E-state index contributed by atoms with van der Waals surface area (Å²) in [7, 11) is 0. The summed E-state index contributed by atoms with van der Waals surface area (Å²) < 4.78 is 0. The molecule has 0 radical (unpaired) electrons. The van der Waals surface area contributed by atoms with Gasteiger partial charge in [-0.25, -0.2) is 4.99 Å². The molecule has 19 heavy (non-hydrogen) atoms. The molecule has 1 atom stereocenters. The molecule has 0 bridgehead atoms. The minimum absolute atomic E-state index is 0. The van der Waals surface area contributed by atoms with Gasteiger partial charge in [0.2, 0.25) is 0 Å². The van der Waals surface area contributed by atoms with E-state index < -0.39 is 0 Å². The van der Waals surface area contributed by atoms with E-state index in [4.69, 9.17) is 0 Å². The van der Waals surface area contributed by atoms with Crippen LogP contribution in [0.2, 0.25) is 0 Å². The predicted molar refractivity (Wildman–Crippen MR) is 96.8 cm³/mol. The number of nitrogens with one attached hydrogen (secondary N) is 2. The van der Waals surface area contributed by atoms with E-state index in [0.29, 0.717) is 6.04 Å². The SMILES string of the molecule is CCNC(=NCc1ccc(CC)s1)NC(C)CC.I. The van der Waals surface area contributed by atoms with Crippen LogP contribution < -0.4 is 10.6 Å². The van der Waals surface area contributed by atoms with Gasteiger partial charge in [-0.3, -0.25) is 0 Å². The van der Waals surface area contributed by atoms with Gasteiger partial charge < -0.3 is 10.6 Å². The second-order valence-corrected chi connectivity index (χ2v) is 5.62. The van der Waals surface area contributed by atoms with E-state index in [2.05, 4.69) is 55.5 Å². The van der Waals surface area contributed by atoms with Crippen molar-refractivity contribution in [3.8, 4) is 0 Å². The third-order valence-electron chi connectivity index (χ3n) is 2.80. The summed E-state index contributed by atoms with van der Waals surface area (Å²) in [5.41, 5.74) is 0. The lowest BCUT2D eigenvalue weighted by atomic mass is 10.3. The van der Waals surface area contributed by atoms with Gasteiger partial charge in [0.05, 0.1) is 6.54 Å². The molecule has 0 fully saturated rings. The van der Waals surface area contributed by atoms with Crippen LogP contribution in [0.3, 0.4) is 0 Å². The van der Waals surface area contributed by atoms with Crippen LogP contribution in [0.25, 0.3) is 0 Å². The molecule has 1 unspecified atom stereocenters. The highest BCUT2D eigenvalue weighted by Gasteiger charge is 2.03. The predicted octanol–water partition coefficient (Wildman–Crippen LogP) is 3.78. The van der Waals surface area contributed by atoms with Crippen molar-refractivity contribution in [2.75, 3.05) is 6.54 Å². The molecule has 3 nitrogen and oxygen atoms in total. The third kappa shape index (κ3) is 7.15. The summed E-state index contributed by atoms with van der Waals surface area (Å²) >= 11 is 1.85. The first kappa shape index (κ1) is 18.7. The molecule has 0 aliphatic carbocycles. The van der Waals surface area contributed by atoms with Gasteiger partial charge in [-0.2, -0.15) is 0 Å². The maximum atomic E-state index is 4.62. The minimum atomic E-state index is 0. The highest BCUT2D eigenvalue weighted by atomic mass is 127. The summed E-state index contributed by atoms with van der Waals surface area (Å²) in [6.07, 6.45) is 2.21. The molecular formula is C14H26IN3S. The number of halogens is 1. The van der Waals surface area contributed by atoms with E-state index in [1.54, 1.807) is 0 Å². The molecular weight excluding hydrogens is 369 g/mol. The van der Waals surface area contributed by atoms with Crippen LogP contribution in [-0.2, 0) is 13.0 Å². The molecule has 0 saturated heterocycles. The van der Waals surface area contributed by atoms with Crippen LogP contribution in [0, 0.1) is 0 Å². The van der Waals surface area contributed by atoms with E-state index in [1.807, 2.05) is 11.3 Å². The molecule has 1 aromatic heterocycles. The van der Waals surface area contributed by atoms with Gasteiger partial charge in [-0.1, -0.05) is 13.8 Å². The zero-order chi connectivity index (χ0) is 13.4. The van der Waals surface area contributed by atoms with Gasteiger partial charge in [0.25, 0.3) is 0 Å². The van der Waals surface area contributed by atoms with Gasteiger partial charge in [0, 0.05) is 22.3 Å². The standard InChI is InChI=1S/C14H25N3S.HI/c1-5-11(4)17-14(15-7-3)16-10-13-9-8-12(6-2)18-13;/h8-9,11H,5-7,10H2,1-4H3,(H2,15,16,17);1H. The number of rotatable bonds is 6. The maximum Gasteiger partial charge on any atom is 0.191 e. The van der Waals surface area contributed by atoms with Crippen LogP contribution in [0.5, 0.6) is 0 Å². The Morgan fingerprint density at radius 1 is 1.26 bits per heavy atom. The number of aliphatic imine (C=N–C) groups is 1. The highest BCUT2D eigenvalue weighted by Crippen LogP contribution is 2.17. The van der Waals surface area contributed by atoms with Crippen LogP contribution in [0.1, 0.15) is 43.9 Å². The fraction of sp³-hybridized carbons (Fsp3) is 0.643. The van der Waals surface area contributed by atoms with Crippen molar-refractivity contribution < 1.29 is 0 Å². The summed E-state index contributed by atoms with van der Waals surface area (Å²) in [5, 5.41) is 6.68. The van der Waals surface area contributed by atoms with Gasteiger partial charge >= 0.3 is 0 Å². The van der Waals surface area contributed by atoms with Gasteiger partial charge in [-0.15, -0.1) is 35.3 Å². The topological polar surface area (TPSA) is 36.4 Å². The maximum absolute atomic E-state index is 4.62. The Hall–Kier alpha value is -0.300. The number of nitrogens with zero attached hydrogens (tertiary/aromatic N) is 1. The fourth-order valence-electron chi connectivity index (χ4n) is 1.51. The van der Waals surface area contributed by atoms with Crippen LogP contribution in [0.4, 0.5) is 0 Å².